The molecule has 2 aromatic rings. The van der Waals surface area contributed by atoms with Crippen LogP contribution < -0.4 is 10.0 Å². The average Bonchev–Trinajstić information content (AvgIpc) is 3.04. The van der Waals surface area contributed by atoms with Crippen LogP contribution >= 0.6 is 0 Å². The lowest BCUT2D eigenvalue weighted by Gasteiger charge is -2.34. The van der Waals surface area contributed by atoms with Gasteiger partial charge in [0, 0.05) is 26.2 Å². The second-order valence-corrected chi connectivity index (χ2v) is 9.26. The summed E-state index contributed by atoms with van der Waals surface area (Å²) in [5.41, 5.74) is 0.841. The lowest BCUT2D eigenvalue weighted by atomic mass is 10.1. The number of imide groups is 1. The molecule has 0 spiro atoms. The fourth-order valence-electron chi connectivity index (χ4n) is 3.75. The molecule has 2 heterocycles. The zero-order valence-corrected chi connectivity index (χ0v) is 17.6. The van der Waals surface area contributed by atoms with Gasteiger partial charge in [0.1, 0.15) is 0 Å². The molecule has 32 heavy (non-hydrogen) atoms. The minimum Gasteiger partial charge on any atom is -0.550 e. The first-order valence-corrected chi connectivity index (χ1v) is 11.2. The number of fused-ring (bicyclic) bond motifs is 1. The summed E-state index contributed by atoms with van der Waals surface area (Å²) < 4.78 is 27.1. The first-order chi connectivity index (χ1) is 15.2. The Labute approximate surface area is 183 Å². The van der Waals surface area contributed by atoms with Gasteiger partial charge in [-0.15, -0.1) is 0 Å². The molecule has 4 rings (SSSR count). The van der Waals surface area contributed by atoms with Crippen molar-refractivity contribution in [1.29, 1.82) is 0 Å². The second-order valence-electron chi connectivity index (χ2n) is 7.32. The van der Waals surface area contributed by atoms with Crippen molar-refractivity contribution in [3.8, 4) is 0 Å². The van der Waals surface area contributed by atoms with Crippen LogP contribution in [-0.4, -0.2) is 67.5 Å². The fraction of sp³-hybridized carbons (Fsp3) is 0.238. The van der Waals surface area contributed by atoms with Crippen molar-refractivity contribution < 1.29 is 32.7 Å². The summed E-state index contributed by atoms with van der Waals surface area (Å²) in [4.78, 5) is 49.8. The van der Waals surface area contributed by atoms with Crippen LogP contribution in [0.4, 0.5) is 5.69 Å². The van der Waals surface area contributed by atoms with Crippen molar-refractivity contribution in [1.82, 2.24) is 9.21 Å². The number of sulfonamides is 1. The molecule has 0 aromatic heterocycles. The summed E-state index contributed by atoms with van der Waals surface area (Å²) in [6.45, 7) is 0.166. The first-order valence-electron chi connectivity index (χ1n) is 9.76. The Bertz CT molecular complexity index is 1180. The maximum absolute atomic E-state index is 13.0. The van der Waals surface area contributed by atoms with Gasteiger partial charge in [0.25, 0.3) is 11.8 Å². The summed E-state index contributed by atoms with van der Waals surface area (Å²) in [7, 11) is -3.88. The molecule has 1 fully saturated rings. The summed E-state index contributed by atoms with van der Waals surface area (Å²) >= 11 is 0. The normalized spacial score (nSPS) is 16.9. The smallest absolute Gasteiger partial charge is 0.266 e. The lowest BCUT2D eigenvalue weighted by Crippen LogP contribution is -2.51. The standard InChI is InChI=1S/C21H19N3O7S/c25-18(13-19(26)27)22-9-11-23(12-10-22)32(30,31)15-7-5-14(6-8-15)24-20(28)16-3-1-2-4-17(16)21(24)29/h1-8H,9-13H2,(H,26,27)/p-1. The number of piperazine rings is 1. The predicted octanol–water partition coefficient (Wildman–Crippen LogP) is -0.540. The van der Waals surface area contributed by atoms with Crippen LogP contribution in [-0.2, 0) is 19.6 Å². The van der Waals surface area contributed by atoms with Crippen molar-refractivity contribution in [2.45, 2.75) is 11.3 Å². The van der Waals surface area contributed by atoms with E-state index in [0.717, 1.165) is 4.90 Å². The van der Waals surface area contributed by atoms with E-state index >= 15 is 0 Å². The number of aliphatic carboxylic acids is 1. The first kappa shape index (κ1) is 21.7. The Morgan fingerprint density at radius 3 is 1.88 bits per heavy atom. The highest BCUT2D eigenvalue weighted by molar-refractivity contribution is 7.89. The van der Waals surface area contributed by atoms with Crippen molar-refractivity contribution in [3.05, 3.63) is 59.7 Å². The third kappa shape index (κ3) is 3.76. The van der Waals surface area contributed by atoms with Gasteiger partial charge >= 0.3 is 0 Å². The molecular formula is C21H18N3O7S-. The number of amides is 3. The molecule has 166 valence electrons. The monoisotopic (exact) mass is 456 g/mol. The Morgan fingerprint density at radius 2 is 1.38 bits per heavy atom. The zero-order chi connectivity index (χ0) is 23.0. The van der Waals surface area contributed by atoms with E-state index in [0.29, 0.717) is 11.1 Å². The van der Waals surface area contributed by atoms with Gasteiger partial charge in [-0.05, 0) is 36.4 Å². The Morgan fingerprint density at radius 1 is 0.844 bits per heavy atom. The number of hydrogen-bond donors (Lipinski definition) is 0. The maximum Gasteiger partial charge on any atom is 0.266 e. The summed E-state index contributed by atoms with van der Waals surface area (Å²) in [5, 5.41) is 10.6. The molecule has 0 N–H and O–H groups in total. The van der Waals surface area contributed by atoms with Gasteiger partial charge in [0.2, 0.25) is 15.9 Å². The van der Waals surface area contributed by atoms with Gasteiger partial charge in [0.05, 0.1) is 34.1 Å². The van der Waals surface area contributed by atoms with Crippen LogP contribution in [0.3, 0.4) is 0 Å². The molecule has 10 nitrogen and oxygen atoms in total. The molecular weight excluding hydrogens is 438 g/mol. The number of carboxylic acids is 1. The molecule has 1 saturated heterocycles. The number of carboxylic acid groups (broad SMARTS) is 1. The number of hydrogen-bond acceptors (Lipinski definition) is 7. The van der Waals surface area contributed by atoms with Gasteiger partial charge in [-0.25, -0.2) is 13.3 Å². The Balaban J connectivity index is 1.48. The van der Waals surface area contributed by atoms with Crippen molar-refractivity contribution in [3.63, 3.8) is 0 Å². The van der Waals surface area contributed by atoms with E-state index in [2.05, 4.69) is 0 Å². The number of carbonyl (C=O) groups is 4. The molecule has 3 amide bonds. The van der Waals surface area contributed by atoms with Crippen LogP contribution in [0.15, 0.2) is 53.4 Å². The van der Waals surface area contributed by atoms with Gasteiger partial charge in [-0.2, -0.15) is 4.31 Å². The largest absolute Gasteiger partial charge is 0.550 e. The lowest BCUT2D eigenvalue weighted by molar-refractivity contribution is -0.304. The SMILES string of the molecule is O=C([O-])CC(=O)N1CCN(S(=O)(=O)c2ccc(N3C(=O)c4ccccc4C3=O)cc2)CC1. The van der Waals surface area contributed by atoms with Crippen LogP contribution in [0.5, 0.6) is 0 Å². The van der Waals surface area contributed by atoms with E-state index in [1.54, 1.807) is 24.3 Å². The minimum absolute atomic E-state index is 0.0152. The van der Waals surface area contributed by atoms with E-state index < -0.39 is 40.1 Å². The van der Waals surface area contributed by atoms with E-state index in [4.69, 9.17) is 0 Å². The Kier molecular flexibility index (Phi) is 5.53. The molecule has 0 atom stereocenters. The highest BCUT2D eigenvalue weighted by Gasteiger charge is 2.36. The molecule has 11 heteroatoms. The minimum atomic E-state index is -3.88. The topological polar surface area (TPSA) is 135 Å². The maximum atomic E-state index is 13.0. The predicted molar refractivity (Wildman–Crippen MR) is 109 cm³/mol. The van der Waals surface area contributed by atoms with Crippen molar-refractivity contribution in [2.24, 2.45) is 0 Å². The van der Waals surface area contributed by atoms with E-state index in [1.165, 1.54) is 33.5 Å². The Hall–Kier alpha value is -3.57. The van der Waals surface area contributed by atoms with Crippen molar-refractivity contribution in [2.75, 3.05) is 31.1 Å². The van der Waals surface area contributed by atoms with Gasteiger partial charge in [0.15, 0.2) is 0 Å². The molecule has 0 bridgehead atoms. The molecule has 0 saturated carbocycles. The molecule has 0 radical (unpaired) electrons. The highest BCUT2D eigenvalue weighted by atomic mass is 32.2. The quantitative estimate of drug-likeness (QED) is 0.435. The number of rotatable bonds is 5. The number of anilines is 1. The number of nitrogens with zero attached hydrogens (tertiary/aromatic N) is 3. The third-order valence-electron chi connectivity index (χ3n) is 5.41. The van der Waals surface area contributed by atoms with Gasteiger partial charge < -0.3 is 14.8 Å². The fourth-order valence-corrected chi connectivity index (χ4v) is 5.18. The van der Waals surface area contributed by atoms with Gasteiger partial charge in [-0.3, -0.25) is 14.4 Å². The van der Waals surface area contributed by atoms with Crippen molar-refractivity contribution >= 4 is 39.4 Å². The average molecular weight is 456 g/mol. The van der Waals surface area contributed by atoms with E-state index in [9.17, 15) is 32.7 Å². The van der Waals surface area contributed by atoms with Crippen LogP contribution in [0.1, 0.15) is 27.1 Å². The van der Waals surface area contributed by atoms with E-state index in [-0.39, 0.29) is 36.8 Å². The van der Waals surface area contributed by atoms with Crippen LogP contribution in [0, 0.1) is 0 Å². The molecule has 0 unspecified atom stereocenters. The molecule has 0 aliphatic carbocycles. The third-order valence-corrected chi connectivity index (χ3v) is 7.33. The summed E-state index contributed by atoms with van der Waals surface area (Å²) in [6, 6.07) is 11.9. The summed E-state index contributed by atoms with van der Waals surface area (Å²) in [6.07, 6.45) is -0.744. The molecule has 2 aromatic carbocycles. The second kappa shape index (κ2) is 8.17. The molecule has 2 aliphatic rings. The highest BCUT2D eigenvalue weighted by Crippen LogP contribution is 2.29. The van der Waals surface area contributed by atoms with Crippen LogP contribution in [0.2, 0.25) is 0 Å². The molecule has 2 aliphatic heterocycles. The van der Waals surface area contributed by atoms with Gasteiger partial charge in [-0.1, -0.05) is 12.1 Å². The summed E-state index contributed by atoms with van der Waals surface area (Å²) in [5.74, 6) is -3.05. The number of carbonyl (C=O) groups excluding carboxylic acids is 4. The number of benzene rings is 2. The van der Waals surface area contributed by atoms with Crippen LogP contribution in [0.25, 0.3) is 0 Å². The zero-order valence-electron chi connectivity index (χ0n) is 16.8. The van der Waals surface area contributed by atoms with E-state index in [1.807, 2.05) is 0 Å².